The van der Waals surface area contributed by atoms with Crippen LogP contribution in [-0.2, 0) is 4.74 Å². The molecule has 1 fully saturated rings. The number of halogens is 1. The highest BCUT2D eigenvalue weighted by Gasteiger charge is 2.21. The molecule has 5 heterocycles. The third-order valence-corrected chi connectivity index (χ3v) is 6.60. The number of fused-ring (bicyclic) bond motifs is 1. The number of pyridine rings is 2. The van der Waals surface area contributed by atoms with E-state index in [2.05, 4.69) is 30.5 Å². The van der Waals surface area contributed by atoms with Gasteiger partial charge in [-0.3, -0.25) is 14.9 Å². The van der Waals surface area contributed by atoms with E-state index in [1.165, 1.54) is 12.3 Å². The maximum absolute atomic E-state index is 15.2. The summed E-state index contributed by atoms with van der Waals surface area (Å²) in [4.78, 5) is 24.0. The molecule has 4 aromatic rings. The molecule has 2 aliphatic rings. The molecule has 1 aromatic carbocycles. The number of ether oxygens (including phenoxy) is 2. The Balaban J connectivity index is 1.30. The molecule has 9 nitrogen and oxygen atoms in total. The van der Waals surface area contributed by atoms with Crippen LogP contribution in [0.5, 0.6) is 5.75 Å². The number of nitrogens with one attached hydrogen (secondary N) is 3. The maximum Gasteiger partial charge on any atom is 0.259 e. The summed E-state index contributed by atoms with van der Waals surface area (Å²) >= 11 is 0. The van der Waals surface area contributed by atoms with E-state index in [0.717, 1.165) is 25.1 Å². The summed E-state index contributed by atoms with van der Waals surface area (Å²) < 4.78 is 26.5. The van der Waals surface area contributed by atoms with Crippen molar-refractivity contribution in [3.8, 4) is 17.0 Å². The molecule has 6 rings (SSSR count). The first-order valence-electron chi connectivity index (χ1n) is 12.2. The smallest absolute Gasteiger partial charge is 0.259 e. The highest BCUT2D eigenvalue weighted by molar-refractivity contribution is 5.94. The average Bonchev–Trinajstić information content (AvgIpc) is 3.61. The van der Waals surface area contributed by atoms with E-state index in [1.54, 1.807) is 30.5 Å². The van der Waals surface area contributed by atoms with Gasteiger partial charge in [0.05, 0.1) is 35.5 Å². The molecular weight excluding hydrogens is 475 g/mol. The van der Waals surface area contributed by atoms with Crippen molar-refractivity contribution < 1.29 is 13.9 Å². The standard InChI is InChI=1S/C27H25FN6O3/c28-20-11-18(37-14-16-3-7-29-8-4-16)1-2-19(20)23-12-24(26-21(31-23)5-9-30-27(26)35)32-25-13-22(33-34-25)17-6-10-36-15-17/h1-3,5,7-9,11-13,16-17H,4,6,10,14-15H2,(H,30,35)(H2,31,32,33,34). The van der Waals surface area contributed by atoms with Crippen LogP contribution in [0.2, 0.25) is 0 Å². The van der Waals surface area contributed by atoms with E-state index in [9.17, 15) is 4.79 Å². The zero-order chi connectivity index (χ0) is 25.2. The third-order valence-electron chi connectivity index (χ3n) is 6.60. The Morgan fingerprint density at radius 1 is 1.22 bits per heavy atom. The normalized spacial score (nSPS) is 18.9. The fourth-order valence-corrected chi connectivity index (χ4v) is 4.58. The molecular formula is C27H25FN6O3. The van der Waals surface area contributed by atoms with Crippen molar-refractivity contribution in [3.05, 3.63) is 76.7 Å². The number of benzene rings is 1. The second kappa shape index (κ2) is 9.98. The molecule has 0 amide bonds. The van der Waals surface area contributed by atoms with Crippen LogP contribution in [0.4, 0.5) is 15.9 Å². The van der Waals surface area contributed by atoms with Crippen molar-refractivity contribution in [2.24, 2.45) is 10.9 Å². The predicted octanol–water partition coefficient (Wildman–Crippen LogP) is 4.68. The number of rotatable bonds is 7. The van der Waals surface area contributed by atoms with Crippen LogP contribution in [0, 0.1) is 11.7 Å². The lowest BCUT2D eigenvalue weighted by molar-refractivity contribution is 0.193. The van der Waals surface area contributed by atoms with E-state index < -0.39 is 5.82 Å². The number of nitrogens with zero attached hydrogens (tertiary/aromatic N) is 3. The van der Waals surface area contributed by atoms with Crippen LogP contribution in [0.25, 0.3) is 22.2 Å². The number of hydrogen-bond donors (Lipinski definition) is 3. The first-order chi connectivity index (χ1) is 18.1. The summed E-state index contributed by atoms with van der Waals surface area (Å²) in [6.07, 6.45) is 8.80. The van der Waals surface area contributed by atoms with Crippen LogP contribution in [0.3, 0.4) is 0 Å². The molecule has 2 atom stereocenters. The lowest BCUT2D eigenvalue weighted by atomic mass is 10.1. The first kappa shape index (κ1) is 23.1. The number of anilines is 2. The largest absolute Gasteiger partial charge is 0.493 e. The van der Waals surface area contributed by atoms with Gasteiger partial charge in [-0.2, -0.15) is 5.10 Å². The van der Waals surface area contributed by atoms with E-state index in [0.29, 0.717) is 52.6 Å². The quantitative estimate of drug-likeness (QED) is 0.339. The molecule has 2 aliphatic heterocycles. The van der Waals surface area contributed by atoms with Crippen LogP contribution in [0.1, 0.15) is 24.5 Å². The minimum Gasteiger partial charge on any atom is -0.493 e. The molecule has 10 heteroatoms. The van der Waals surface area contributed by atoms with E-state index >= 15 is 4.39 Å². The lowest BCUT2D eigenvalue weighted by Crippen LogP contribution is -2.12. The molecule has 188 valence electrons. The van der Waals surface area contributed by atoms with Crippen molar-refractivity contribution in [2.45, 2.75) is 18.8 Å². The van der Waals surface area contributed by atoms with Crippen molar-refractivity contribution in [2.75, 3.05) is 25.1 Å². The lowest BCUT2D eigenvalue weighted by Gasteiger charge is -2.15. The van der Waals surface area contributed by atoms with Crippen molar-refractivity contribution in [1.82, 2.24) is 20.2 Å². The van der Waals surface area contributed by atoms with Gasteiger partial charge in [0.1, 0.15) is 11.6 Å². The molecule has 2 unspecified atom stereocenters. The van der Waals surface area contributed by atoms with Crippen molar-refractivity contribution in [3.63, 3.8) is 0 Å². The minimum absolute atomic E-state index is 0.206. The van der Waals surface area contributed by atoms with Crippen molar-refractivity contribution >= 4 is 28.6 Å². The Morgan fingerprint density at radius 2 is 2.16 bits per heavy atom. The summed E-state index contributed by atoms with van der Waals surface area (Å²) in [7, 11) is 0. The molecule has 3 aromatic heterocycles. The first-order valence-corrected chi connectivity index (χ1v) is 12.2. The number of H-pyrrole nitrogens is 2. The Morgan fingerprint density at radius 3 is 2.97 bits per heavy atom. The monoisotopic (exact) mass is 500 g/mol. The number of aliphatic imine (C=N–C) groups is 1. The summed E-state index contributed by atoms with van der Waals surface area (Å²) in [6.45, 7) is 1.81. The topological polar surface area (TPSA) is 117 Å². The number of aromatic amines is 2. The van der Waals surface area contributed by atoms with Gasteiger partial charge in [0.25, 0.3) is 5.56 Å². The van der Waals surface area contributed by atoms with Crippen LogP contribution >= 0.6 is 0 Å². The van der Waals surface area contributed by atoms with Crippen molar-refractivity contribution in [1.29, 1.82) is 0 Å². The molecule has 3 N–H and O–H groups in total. The molecule has 37 heavy (non-hydrogen) atoms. The Kier molecular flexibility index (Phi) is 6.23. The fourth-order valence-electron chi connectivity index (χ4n) is 4.58. The minimum atomic E-state index is -0.468. The Hall–Kier alpha value is -4.31. The van der Waals surface area contributed by atoms with Gasteiger partial charge < -0.3 is 19.8 Å². The second-order valence-corrected chi connectivity index (χ2v) is 9.14. The highest BCUT2D eigenvalue weighted by atomic mass is 19.1. The molecule has 1 saturated heterocycles. The molecule has 0 aliphatic carbocycles. The van der Waals surface area contributed by atoms with Gasteiger partial charge in [0.2, 0.25) is 0 Å². The SMILES string of the molecule is O=c1[nH]ccc2nc(-c3ccc(OCC4C=CN=CC4)cc3F)cc(Nc3cc(C4CCOC4)[nH]n3)c12. The van der Waals surface area contributed by atoms with Gasteiger partial charge in [-0.05, 0) is 37.1 Å². The summed E-state index contributed by atoms with van der Waals surface area (Å²) in [5, 5.41) is 11.0. The summed E-state index contributed by atoms with van der Waals surface area (Å²) in [5.41, 5.74) is 2.27. The van der Waals surface area contributed by atoms with E-state index in [1.807, 2.05) is 18.4 Å². The fraction of sp³-hybridized carbons (Fsp3) is 0.259. The van der Waals surface area contributed by atoms with Crippen LogP contribution in [-0.4, -0.2) is 46.2 Å². The van der Waals surface area contributed by atoms with Crippen LogP contribution in [0.15, 0.2) is 64.7 Å². The molecule has 0 saturated carbocycles. The number of aromatic nitrogens is 4. The molecule has 0 bridgehead atoms. The molecule has 0 radical (unpaired) electrons. The van der Waals surface area contributed by atoms with E-state index in [-0.39, 0.29) is 17.4 Å². The van der Waals surface area contributed by atoms with Gasteiger partial charge in [-0.1, -0.05) is 6.08 Å². The predicted molar refractivity (Wildman–Crippen MR) is 139 cm³/mol. The van der Waals surface area contributed by atoms with Crippen LogP contribution < -0.4 is 15.6 Å². The zero-order valence-corrected chi connectivity index (χ0v) is 19.9. The summed E-state index contributed by atoms with van der Waals surface area (Å²) in [5.74, 6) is 0.984. The van der Waals surface area contributed by atoms with Gasteiger partial charge in [0.15, 0.2) is 5.82 Å². The van der Waals surface area contributed by atoms with E-state index in [4.69, 9.17) is 9.47 Å². The average molecular weight is 501 g/mol. The second-order valence-electron chi connectivity index (χ2n) is 9.14. The maximum atomic E-state index is 15.2. The highest BCUT2D eigenvalue weighted by Crippen LogP contribution is 2.32. The third kappa shape index (κ3) is 4.88. The molecule has 0 spiro atoms. The Bertz CT molecular complexity index is 1550. The van der Waals surface area contributed by atoms with Gasteiger partial charge in [0, 0.05) is 60.4 Å². The Labute approximate surface area is 211 Å². The zero-order valence-electron chi connectivity index (χ0n) is 19.9. The van der Waals surface area contributed by atoms with Gasteiger partial charge >= 0.3 is 0 Å². The van der Waals surface area contributed by atoms with Gasteiger partial charge in [-0.15, -0.1) is 0 Å². The van der Waals surface area contributed by atoms with Gasteiger partial charge in [-0.25, -0.2) is 9.37 Å². The number of hydrogen-bond acceptors (Lipinski definition) is 7. The summed E-state index contributed by atoms with van der Waals surface area (Å²) in [6, 6.07) is 9.97.